The van der Waals surface area contributed by atoms with Gasteiger partial charge in [0, 0.05) is 30.6 Å². The number of benzene rings is 1. The molecule has 0 bridgehead atoms. The summed E-state index contributed by atoms with van der Waals surface area (Å²) in [6, 6.07) is 6.30. The Labute approximate surface area is 157 Å². The highest BCUT2D eigenvalue weighted by molar-refractivity contribution is 7.98. The Morgan fingerprint density at radius 2 is 1.85 bits per heavy atom. The van der Waals surface area contributed by atoms with Gasteiger partial charge >= 0.3 is 0 Å². The fourth-order valence-electron chi connectivity index (χ4n) is 2.54. The Balaban J connectivity index is 1.85. The van der Waals surface area contributed by atoms with Crippen molar-refractivity contribution in [2.75, 3.05) is 12.8 Å². The summed E-state index contributed by atoms with van der Waals surface area (Å²) in [5.41, 5.74) is 6.08. The highest BCUT2D eigenvalue weighted by atomic mass is 32.2. The van der Waals surface area contributed by atoms with Crippen LogP contribution >= 0.6 is 11.8 Å². The summed E-state index contributed by atoms with van der Waals surface area (Å²) in [6.45, 7) is 5.76. The van der Waals surface area contributed by atoms with E-state index in [1.54, 1.807) is 36.0 Å². The molecule has 0 aliphatic heterocycles. The first-order valence-corrected chi connectivity index (χ1v) is 9.79. The zero-order valence-electron chi connectivity index (χ0n) is 15.4. The van der Waals surface area contributed by atoms with Gasteiger partial charge in [-0.3, -0.25) is 9.59 Å². The molecule has 0 radical (unpaired) electrons. The topological polar surface area (TPSA) is 103 Å². The third-order valence-corrected chi connectivity index (χ3v) is 4.49. The Bertz CT molecular complexity index is 755. The van der Waals surface area contributed by atoms with E-state index in [0.29, 0.717) is 23.6 Å². The Hall–Kier alpha value is -2.35. The van der Waals surface area contributed by atoms with Crippen LogP contribution in [0.1, 0.15) is 46.8 Å². The van der Waals surface area contributed by atoms with Crippen molar-refractivity contribution in [2.45, 2.75) is 38.4 Å². The summed E-state index contributed by atoms with van der Waals surface area (Å²) in [6.07, 6.45) is 3.52. The van der Waals surface area contributed by atoms with Crippen LogP contribution in [0.5, 0.6) is 0 Å². The molecular formula is C18H25N5O2S. The molecule has 0 saturated heterocycles. The van der Waals surface area contributed by atoms with Crippen molar-refractivity contribution in [3.8, 4) is 0 Å². The molecule has 3 N–H and O–H groups in total. The number of nitrogens with one attached hydrogen (secondary N) is 1. The van der Waals surface area contributed by atoms with E-state index in [9.17, 15) is 9.59 Å². The lowest BCUT2D eigenvalue weighted by atomic mass is 10.1. The molecule has 7 nitrogen and oxygen atoms in total. The van der Waals surface area contributed by atoms with Gasteiger partial charge < -0.3 is 15.6 Å². The van der Waals surface area contributed by atoms with Crippen molar-refractivity contribution in [2.24, 2.45) is 11.7 Å². The molecule has 0 aliphatic carbocycles. The maximum atomic E-state index is 12.1. The molecule has 1 heterocycles. The van der Waals surface area contributed by atoms with E-state index in [1.807, 2.05) is 6.26 Å². The predicted molar refractivity (Wildman–Crippen MR) is 102 cm³/mol. The van der Waals surface area contributed by atoms with Crippen molar-refractivity contribution in [3.63, 3.8) is 0 Å². The number of rotatable bonds is 9. The van der Waals surface area contributed by atoms with E-state index in [1.165, 1.54) is 0 Å². The van der Waals surface area contributed by atoms with Gasteiger partial charge in [0.2, 0.25) is 5.91 Å². The lowest BCUT2D eigenvalue weighted by molar-refractivity contribution is 0.0950. The second-order valence-corrected chi connectivity index (χ2v) is 7.18. The third kappa shape index (κ3) is 5.32. The molecule has 0 aliphatic rings. The largest absolute Gasteiger partial charge is 0.366 e. The number of carbonyl (C=O) groups is 2. The number of thioether (sulfide) groups is 1. The first kappa shape index (κ1) is 20.0. The van der Waals surface area contributed by atoms with Crippen LogP contribution in [0, 0.1) is 5.92 Å². The Morgan fingerprint density at radius 3 is 2.42 bits per heavy atom. The van der Waals surface area contributed by atoms with Crippen LogP contribution in [0.3, 0.4) is 0 Å². The summed E-state index contributed by atoms with van der Waals surface area (Å²) in [4.78, 5) is 23.2. The van der Waals surface area contributed by atoms with E-state index >= 15 is 0 Å². The van der Waals surface area contributed by atoms with Crippen LogP contribution in [0.15, 0.2) is 29.4 Å². The summed E-state index contributed by atoms with van der Waals surface area (Å²) < 4.78 is 2.15. The van der Waals surface area contributed by atoms with Crippen LogP contribution in [0.2, 0.25) is 0 Å². The summed E-state index contributed by atoms with van der Waals surface area (Å²) in [5.74, 6) is 0.781. The maximum Gasteiger partial charge on any atom is 0.251 e. The second-order valence-electron chi connectivity index (χ2n) is 6.41. The van der Waals surface area contributed by atoms with E-state index in [4.69, 9.17) is 5.73 Å². The monoisotopic (exact) mass is 375 g/mol. The molecule has 0 unspecified atom stereocenters. The molecule has 140 valence electrons. The lowest BCUT2D eigenvalue weighted by Gasteiger charge is -2.11. The molecule has 0 saturated carbocycles. The highest BCUT2D eigenvalue weighted by Gasteiger charge is 2.13. The quantitative estimate of drug-likeness (QED) is 0.516. The van der Waals surface area contributed by atoms with Gasteiger partial charge in [-0.2, -0.15) is 0 Å². The van der Waals surface area contributed by atoms with Gasteiger partial charge in [0.1, 0.15) is 5.82 Å². The SMILES string of the molecule is CSc1nnc(CCCNC(=O)c2ccc(C(N)=O)cc2)n1CC(C)C. The Kier molecular flexibility index (Phi) is 7.20. The number of amides is 2. The Morgan fingerprint density at radius 1 is 1.19 bits per heavy atom. The lowest BCUT2D eigenvalue weighted by Crippen LogP contribution is -2.25. The van der Waals surface area contributed by atoms with Gasteiger partial charge in [0.15, 0.2) is 5.16 Å². The molecule has 26 heavy (non-hydrogen) atoms. The first-order chi connectivity index (χ1) is 12.4. The van der Waals surface area contributed by atoms with Crippen molar-refractivity contribution >= 4 is 23.6 Å². The normalized spacial score (nSPS) is 10.9. The fraction of sp³-hybridized carbons (Fsp3) is 0.444. The van der Waals surface area contributed by atoms with Gasteiger partial charge in [-0.15, -0.1) is 10.2 Å². The molecule has 1 aromatic carbocycles. The zero-order chi connectivity index (χ0) is 19.1. The van der Waals surface area contributed by atoms with Crippen LogP contribution < -0.4 is 11.1 Å². The number of hydrogen-bond acceptors (Lipinski definition) is 5. The first-order valence-electron chi connectivity index (χ1n) is 8.56. The van der Waals surface area contributed by atoms with E-state index in [2.05, 4.69) is 33.9 Å². The molecule has 8 heteroatoms. The molecule has 1 aromatic heterocycles. The summed E-state index contributed by atoms with van der Waals surface area (Å²) >= 11 is 1.59. The fourth-order valence-corrected chi connectivity index (χ4v) is 3.06. The average Bonchev–Trinajstić information content (AvgIpc) is 2.99. The number of aryl methyl sites for hydroxylation is 1. The number of hydrogen-bond donors (Lipinski definition) is 2. The van der Waals surface area contributed by atoms with Crippen LogP contribution in [-0.4, -0.2) is 39.4 Å². The number of aromatic nitrogens is 3. The summed E-state index contributed by atoms with van der Waals surface area (Å²) in [7, 11) is 0. The van der Waals surface area contributed by atoms with Gasteiger partial charge in [-0.05, 0) is 42.9 Å². The minimum Gasteiger partial charge on any atom is -0.366 e. The highest BCUT2D eigenvalue weighted by Crippen LogP contribution is 2.16. The van der Waals surface area contributed by atoms with Crippen molar-refractivity contribution < 1.29 is 9.59 Å². The third-order valence-electron chi connectivity index (χ3n) is 3.82. The van der Waals surface area contributed by atoms with Gasteiger partial charge in [-0.1, -0.05) is 25.6 Å². The number of primary amides is 1. The number of carbonyl (C=O) groups excluding carboxylic acids is 2. The van der Waals surface area contributed by atoms with Gasteiger partial charge in [-0.25, -0.2) is 0 Å². The summed E-state index contributed by atoms with van der Waals surface area (Å²) in [5, 5.41) is 12.3. The molecule has 2 aromatic rings. The average molecular weight is 375 g/mol. The smallest absolute Gasteiger partial charge is 0.251 e. The van der Waals surface area contributed by atoms with Crippen LogP contribution in [-0.2, 0) is 13.0 Å². The van der Waals surface area contributed by atoms with Crippen LogP contribution in [0.4, 0.5) is 0 Å². The van der Waals surface area contributed by atoms with Crippen molar-refractivity contribution in [1.82, 2.24) is 20.1 Å². The standard InChI is InChI=1S/C18H25N5O2S/c1-12(2)11-23-15(21-22-18(23)26-3)5-4-10-20-17(25)14-8-6-13(7-9-14)16(19)24/h6-9,12H,4-5,10-11H2,1-3H3,(H2,19,24)(H,20,25). The van der Waals surface area contributed by atoms with Gasteiger partial charge in [0.25, 0.3) is 5.91 Å². The minimum absolute atomic E-state index is 0.172. The number of nitrogens with zero attached hydrogens (tertiary/aromatic N) is 3. The molecule has 0 fully saturated rings. The molecular weight excluding hydrogens is 350 g/mol. The molecule has 0 spiro atoms. The van der Waals surface area contributed by atoms with E-state index < -0.39 is 5.91 Å². The van der Waals surface area contributed by atoms with E-state index in [-0.39, 0.29) is 5.91 Å². The van der Waals surface area contributed by atoms with E-state index in [0.717, 1.165) is 30.4 Å². The van der Waals surface area contributed by atoms with Crippen molar-refractivity contribution in [3.05, 3.63) is 41.2 Å². The molecule has 0 atom stereocenters. The zero-order valence-corrected chi connectivity index (χ0v) is 16.2. The predicted octanol–water partition coefficient (Wildman–Crippen LogP) is 2.12. The van der Waals surface area contributed by atoms with Crippen molar-refractivity contribution in [1.29, 1.82) is 0 Å². The number of nitrogens with two attached hydrogens (primary N) is 1. The van der Waals surface area contributed by atoms with Crippen LogP contribution in [0.25, 0.3) is 0 Å². The molecule has 2 rings (SSSR count). The maximum absolute atomic E-state index is 12.1. The van der Waals surface area contributed by atoms with Gasteiger partial charge in [0.05, 0.1) is 0 Å². The minimum atomic E-state index is -0.507. The molecule has 2 amide bonds. The second kappa shape index (κ2) is 9.38.